The zero-order valence-electron chi connectivity index (χ0n) is 12.6. The second-order valence-electron chi connectivity index (χ2n) is 5.24. The van der Waals surface area contributed by atoms with Crippen LogP contribution in [0.5, 0.6) is 0 Å². The van der Waals surface area contributed by atoms with Crippen LogP contribution in [0.1, 0.15) is 44.1 Å². The van der Waals surface area contributed by atoms with Crippen molar-refractivity contribution >= 4 is 23.5 Å². The van der Waals surface area contributed by atoms with E-state index in [0.29, 0.717) is 11.0 Å². The summed E-state index contributed by atoms with van der Waals surface area (Å²) in [5, 5.41) is 7.63. The highest BCUT2D eigenvalue weighted by Gasteiger charge is 2.36. The predicted octanol–water partition coefficient (Wildman–Crippen LogP) is 2.63. The highest BCUT2D eigenvalue weighted by molar-refractivity contribution is 7.80. The molecule has 2 atom stereocenters. The number of hydrogen-bond acceptors (Lipinski definition) is 4. The Morgan fingerprint density at radius 3 is 3.10 bits per heavy atom. The van der Waals surface area contributed by atoms with Crippen LogP contribution in [0.3, 0.4) is 0 Å². The first-order valence-electron chi connectivity index (χ1n) is 7.45. The second kappa shape index (κ2) is 8.14. The molecular formula is C15H23N3O2S. The van der Waals surface area contributed by atoms with E-state index in [1.807, 2.05) is 19.1 Å². The fraction of sp³-hybridized carbons (Fsp3) is 0.600. The Hall–Kier alpha value is -1.40. The van der Waals surface area contributed by atoms with Gasteiger partial charge in [0.15, 0.2) is 5.11 Å². The fourth-order valence-corrected chi connectivity index (χ4v) is 2.22. The number of rotatable bonds is 8. The summed E-state index contributed by atoms with van der Waals surface area (Å²) in [7, 11) is 0. The van der Waals surface area contributed by atoms with Crippen LogP contribution in [0.15, 0.2) is 21.7 Å². The van der Waals surface area contributed by atoms with E-state index in [2.05, 4.69) is 22.8 Å². The molecule has 6 heteroatoms. The number of furan rings is 1. The van der Waals surface area contributed by atoms with Crippen molar-refractivity contribution in [3.63, 3.8) is 0 Å². The molecule has 0 radical (unpaired) electrons. The van der Waals surface area contributed by atoms with Crippen molar-refractivity contribution in [1.29, 1.82) is 0 Å². The monoisotopic (exact) mass is 309 g/mol. The zero-order chi connectivity index (χ0) is 15.1. The van der Waals surface area contributed by atoms with Gasteiger partial charge in [-0.25, -0.2) is 0 Å². The Morgan fingerprint density at radius 2 is 2.38 bits per heavy atom. The number of hydrazone groups is 1. The van der Waals surface area contributed by atoms with Crippen molar-refractivity contribution in [2.75, 3.05) is 19.8 Å². The maximum absolute atomic E-state index is 5.72. The van der Waals surface area contributed by atoms with Gasteiger partial charge in [0.1, 0.15) is 11.5 Å². The molecule has 116 valence electrons. The van der Waals surface area contributed by atoms with Crippen LogP contribution >= 0.6 is 12.2 Å². The molecule has 0 unspecified atom stereocenters. The first-order valence-corrected chi connectivity index (χ1v) is 7.86. The third kappa shape index (κ3) is 5.47. The molecule has 0 saturated heterocycles. The van der Waals surface area contributed by atoms with E-state index >= 15 is 0 Å². The minimum absolute atomic E-state index is 0.505. The molecule has 21 heavy (non-hydrogen) atoms. The van der Waals surface area contributed by atoms with E-state index in [0.717, 1.165) is 43.6 Å². The molecule has 1 saturated carbocycles. The zero-order valence-corrected chi connectivity index (χ0v) is 13.4. The molecule has 1 aliphatic rings. The molecule has 0 bridgehead atoms. The topological polar surface area (TPSA) is 58.8 Å². The van der Waals surface area contributed by atoms with Gasteiger partial charge in [0.05, 0.1) is 6.21 Å². The molecule has 0 aliphatic heterocycles. The van der Waals surface area contributed by atoms with Crippen LogP contribution in [-0.2, 0) is 4.74 Å². The highest BCUT2D eigenvalue weighted by atomic mass is 32.1. The van der Waals surface area contributed by atoms with Crippen molar-refractivity contribution in [1.82, 2.24) is 10.7 Å². The van der Waals surface area contributed by atoms with Crippen molar-refractivity contribution in [2.24, 2.45) is 11.0 Å². The smallest absolute Gasteiger partial charge is 0.186 e. The Balaban J connectivity index is 1.63. The second-order valence-corrected chi connectivity index (χ2v) is 5.64. The van der Waals surface area contributed by atoms with Gasteiger partial charge < -0.3 is 14.5 Å². The molecule has 5 nitrogen and oxygen atoms in total. The molecule has 1 fully saturated rings. The predicted molar refractivity (Wildman–Crippen MR) is 87.7 cm³/mol. The van der Waals surface area contributed by atoms with Gasteiger partial charge in [0.25, 0.3) is 0 Å². The van der Waals surface area contributed by atoms with Gasteiger partial charge >= 0.3 is 0 Å². The Kier molecular flexibility index (Phi) is 6.20. The van der Waals surface area contributed by atoms with Crippen molar-refractivity contribution in [3.8, 4) is 0 Å². The lowest BCUT2D eigenvalue weighted by Gasteiger charge is -2.06. The van der Waals surface area contributed by atoms with Crippen molar-refractivity contribution < 1.29 is 9.15 Å². The molecule has 1 aromatic heterocycles. The summed E-state index contributed by atoms with van der Waals surface area (Å²) < 4.78 is 11.0. The third-order valence-corrected chi connectivity index (χ3v) is 3.67. The Bertz CT molecular complexity index is 487. The summed E-state index contributed by atoms with van der Waals surface area (Å²) in [5.74, 6) is 3.14. The highest BCUT2D eigenvalue weighted by Crippen LogP contribution is 2.47. The average Bonchev–Trinajstić information content (AvgIpc) is 3.00. The number of nitrogens with zero attached hydrogens (tertiary/aromatic N) is 1. The fourth-order valence-electron chi connectivity index (χ4n) is 2.07. The molecule has 2 rings (SSSR count). The minimum atomic E-state index is 0.505. The molecule has 0 aromatic carbocycles. The number of hydrogen-bond donors (Lipinski definition) is 2. The molecule has 1 heterocycles. The Labute approximate surface area is 131 Å². The van der Waals surface area contributed by atoms with Crippen LogP contribution in [0.25, 0.3) is 0 Å². The van der Waals surface area contributed by atoms with Gasteiger partial charge in [0.2, 0.25) is 0 Å². The molecule has 2 N–H and O–H groups in total. The maximum atomic E-state index is 5.72. The van der Waals surface area contributed by atoms with E-state index < -0.39 is 0 Å². The third-order valence-electron chi connectivity index (χ3n) is 3.44. The van der Waals surface area contributed by atoms with Gasteiger partial charge in [-0.2, -0.15) is 5.10 Å². The average molecular weight is 309 g/mol. The van der Waals surface area contributed by atoms with Gasteiger partial charge in [-0.3, -0.25) is 5.43 Å². The van der Waals surface area contributed by atoms with Crippen molar-refractivity contribution in [2.45, 2.75) is 32.6 Å². The normalized spacial score (nSPS) is 20.7. The molecule has 0 spiro atoms. The lowest BCUT2D eigenvalue weighted by molar-refractivity contribution is 0.145. The molecule has 0 amide bonds. The van der Waals surface area contributed by atoms with Gasteiger partial charge in [-0.05, 0) is 50.0 Å². The molecular weight excluding hydrogens is 286 g/mol. The van der Waals surface area contributed by atoms with Crippen LogP contribution < -0.4 is 10.7 Å². The van der Waals surface area contributed by atoms with Gasteiger partial charge in [0, 0.05) is 25.7 Å². The maximum Gasteiger partial charge on any atom is 0.186 e. The number of nitrogens with one attached hydrogen (secondary N) is 2. The summed E-state index contributed by atoms with van der Waals surface area (Å²) in [6.07, 6.45) is 3.78. The van der Waals surface area contributed by atoms with E-state index in [9.17, 15) is 0 Å². The first-order chi connectivity index (χ1) is 10.2. The number of ether oxygens (including phenoxy) is 1. The SMILES string of the molecule is CCOCCCNC(=S)N/N=C\c1ccc([C@@H]2C[C@@H]2C)o1. The summed E-state index contributed by atoms with van der Waals surface area (Å²) in [4.78, 5) is 0. The van der Waals surface area contributed by atoms with E-state index in [1.165, 1.54) is 6.42 Å². The Morgan fingerprint density at radius 1 is 1.57 bits per heavy atom. The van der Waals surface area contributed by atoms with Crippen LogP contribution in [0.4, 0.5) is 0 Å². The standard InChI is InChI=1S/C15H23N3O2S/c1-3-19-8-4-7-16-15(21)18-17-10-12-5-6-14(20-12)13-9-11(13)2/h5-6,10-11,13H,3-4,7-9H2,1-2H3,(H2,16,18,21)/b17-10-/t11-,13+/m0/s1. The number of thiocarbonyl (C=S) groups is 1. The van der Waals surface area contributed by atoms with Crippen LogP contribution in [-0.4, -0.2) is 31.1 Å². The van der Waals surface area contributed by atoms with Crippen molar-refractivity contribution in [3.05, 3.63) is 23.7 Å². The molecule has 1 aromatic rings. The lowest BCUT2D eigenvalue weighted by atomic mass is 10.3. The van der Waals surface area contributed by atoms with Crippen LogP contribution in [0.2, 0.25) is 0 Å². The van der Waals surface area contributed by atoms with Crippen LogP contribution in [0, 0.1) is 5.92 Å². The minimum Gasteiger partial charge on any atom is -0.460 e. The van der Waals surface area contributed by atoms with Gasteiger partial charge in [-0.15, -0.1) is 0 Å². The lowest BCUT2D eigenvalue weighted by Crippen LogP contribution is -2.33. The summed E-state index contributed by atoms with van der Waals surface area (Å²) in [6.45, 7) is 6.48. The van der Waals surface area contributed by atoms with E-state index in [4.69, 9.17) is 21.4 Å². The molecule has 1 aliphatic carbocycles. The summed E-state index contributed by atoms with van der Waals surface area (Å²) in [5.41, 5.74) is 2.77. The quantitative estimate of drug-likeness (QED) is 0.334. The first kappa shape index (κ1) is 16.0. The largest absolute Gasteiger partial charge is 0.460 e. The summed E-state index contributed by atoms with van der Waals surface area (Å²) >= 11 is 5.11. The van der Waals surface area contributed by atoms with E-state index in [-0.39, 0.29) is 0 Å². The van der Waals surface area contributed by atoms with Gasteiger partial charge in [-0.1, -0.05) is 6.92 Å². The summed E-state index contributed by atoms with van der Waals surface area (Å²) in [6, 6.07) is 3.96. The van der Waals surface area contributed by atoms with E-state index in [1.54, 1.807) is 6.21 Å².